The zero-order chi connectivity index (χ0) is 21.3. The van der Waals surface area contributed by atoms with Gasteiger partial charge in [0.25, 0.3) is 5.56 Å². The minimum Gasteiger partial charge on any atom is -0.325 e. The van der Waals surface area contributed by atoms with Crippen LogP contribution in [-0.2, 0) is 14.8 Å². The van der Waals surface area contributed by atoms with Crippen molar-refractivity contribution in [3.05, 3.63) is 67.3 Å². The zero-order valence-electron chi connectivity index (χ0n) is 15.4. The van der Waals surface area contributed by atoms with Gasteiger partial charge in [0.05, 0.1) is 22.3 Å². The van der Waals surface area contributed by atoms with Gasteiger partial charge in [-0.25, -0.2) is 13.2 Å². The quantitative estimate of drug-likeness (QED) is 0.509. The van der Waals surface area contributed by atoms with Crippen molar-refractivity contribution in [1.82, 2.24) is 14.3 Å². The molecule has 0 aliphatic heterocycles. The molecule has 3 N–H and O–H groups in total. The van der Waals surface area contributed by atoms with Crippen LogP contribution < -0.4 is 16.6 Å². The minimum atomic E-state index is -4.04. The monoisotopic (exact) mass is 480 g/mol. The van der Waals surface area contributed by atoms with Gasteiger partial charge in [0.1, 0.15) is 0 Å². The topological polar surface area (TPSA) is 132 Å². The predicted molar refractivity (Wildman–Crippen MR) is 113 cm³/mol. The second kappa shape index (κ2) is 7.93. The summed E-state index contributed by atoms with van der Waals surface area (Å²) in [5.41, 5.74) is 0.219. The normalized spacial score (nSPS) is 11.7. The van der Waals surface area contributed by atoms with Gasteiger partial charge in [-0.3, -0.25) is 14.6 Å². The maximum absolute atomic E-state index is 12.8. The lowest BCUT2D eigenvalue weighted by Gasteiger charge is -2.17. The van der Waals surface area contributed by atoms with Crippen LogP contribution in [0, 0.1) is 6.92 Å². The molecule has 0 saturated carbocycles. The molecule has 3 aromatic rings. The van der Waals surface area contributed by atoms with Gasteiger partial charge in [0.15, 0.2) is 0 Å². The summed E-state index contributed by atoms with van der Waals surface area (Å²) < 4.78 is 27.4. The standard InChI is InChI=1S/C18H17BrN4O5S/c1-10-7-11(19)3-5-14(10)20-16(24)9-23(2)29(27,28)12-4-6-15-13(8-12)17(25)22-18(26)21-15/h3-8H,9H2,1-2H3,(H,20,24)(H2,21,22,25,26). The molecule has 0 aliphatic carbocycles. The summed E-state index contributed by atoms with van der Waals surface area (Å²) in [5, 5.41) is 2.70. The maximum atomic E-state index is 12.8. The molecule has 11 heteroatoms. The number of hydrogen-bond donors (Lipinski definition) is 3. The number of carbonyl (C=O) groups excluding carboxylic acids is 1. The highest BCUT2D eigenvalue weighted by Gasteiger charge is 2.24. The van der Waals surface area contributed by atoms with E-state index in [1.165, 1.54) is 19.2 Å². The number of fused-ring (bicyclic) bond motifs is 1. The molecular formula is C18H17BrN4O5S. The van der Waals surface area contributed by atoms with Gasteiger partial charge in [-0.2, -0.15) is 4.31 Å². The molecule has 0 saturated heterocycles. The van der Waals surface area contributed by atoms with E-state index in [0.29, 0.717) is 5.69 Å². The number of amides is 1. The first-order valence-electron chi connectivity index (χ1n) is 8.36. The molecule has 1 amide bonds. The summed E-state index contributed by atoms with van der Waals surface area (Å²) in [6.45, 7) is 1.40. The Hall–Kier alpha value is -2.76. The van der Waals surface area contributed by atoms with Crippen molar-refractivity contribution in [3.63, 3.8) is 0 Å². The van der Waals surface area contributed by atoms with Crippen molar-refractivity contribution in [2.75, 3.05) is 18.9 Å². The number of carbonyl (C=O) groups is 1. The van der Waals surface area contributed by atoms with Gasteiger partial charge in [0, 0.05) is 17.2 Å². The fourth-order valence-corrected chi connectivity index (χ4v) is 4.36. The third-order valence-corrected chi connectivity index (χ3v) is 6.54. The van der Waals surface area contributed by atoms with Crippen LogP contribution in [0.1, 0.15) is 5.56 Å². The van der Waals surface area contributed by atoms with Gasteiger partial charge in [-0.15, -0.1) is 0 Å². The Morgan fingerprint density at radius 3 is 2.55 bits per heavy atom. The van der Waals surface area contributed by atoms with Crippen molar-refractivity contribution < 1.29 is 13.2 Å². The Bertz CT molecular complexity index is 1330. The number of halogens is 1. The van der Waals surface area contributed by atoms with Crippen molar-refractivity contribution in [2.45, 2.75) is 11.8 Å². The van der Waals surface area contributed by atoms with Gasteiger partial charge in [-0.05, 0) is 48.9 Å². The molecule has 3 rings (SSSR count). The van der Waals surface area contributed by atoms with Crippen LogP contribution >= 0.6 is 15.9 Å². The first-order chi connectivity index (χ1) is 13.6. The Morgan fingerprint density at radius 1 is 1.14 bits per heavy atom. The number of sulfonamides is 1. The number of benzene rings is 2. The summed E-state index contributed by atoms with van der Waals surface area (Å²) in [7, 11) is -2.77. The van der Waals surface area contributed by atoms with E-state index in [2.05, 4.69) is 26.2 Å². The van der Waals surface area contributed by atoms with Crippen LogP contribution in [0.5, 0.6) is 0 Å². The Labute approximate surface area is 173 Å². The first kappa shape index (κ1) is 21.0. The molecule has 29 heavy (non-hydrogen) atoms. The van der Waals surface area contributed by atoms with E-state index in [1.54, 1.807) is 12.1 Å². The van der Waals surface area contributed by atoms with E-state index >= 15 is 0 Å². The van der Waals surface area contributed by atoms with Crippen molar-refractivity contribution >= 4 is 48.5 Å². The lowest BCUT2D eigenvalue weighted by atomic mass is 10.2. The van der Waals surface area contributed by atoms with Gasteiger partial charge in [-0.1, -0.05) is 15.9 Å². The summed E-state index contributed by atoms with van der Waals surface area (Å²) in [5.74, 6) is -0.510. The number of anilines is 1. The highest BCUT2D eigenvalue weighted by atomic mass is 79.9. The number of hydrogen-bond acceptors (Lipinski definition) is 5. The van der Waals surface area contributed by atoms with E-state index in [-0.39, 0.29) is 15.8 Å². The van der Waals surface area contributed by atoms with Crippen LogP contribution in [0.2, 0.25) is 0 Å². The van der Waals surface area contributed by atoms with Crippen LogP contribution in [0.25, 0.3) is 10.9 Å². The summed E-state index contributed by atoms with van der Waals surface area (Å²) in [4.78, 5) is 39.9. The highest BCUT2D eigenvalue weighted by molar-refractivity contribution is 9.10. The highest BCUT2D eigenvalue weighted by Crippen LogP contribution is 2.21. The van der Waals surface area contributed by atoms with E-state index < -0.39 is 33.7 Å². The molecule has 0 radical (unpaired) electrons. The molecule has 0 bridgehead atoms. The van der Waals surface area contributed by atoms with E-state index in [4.69, 9.17) is 0 Å². The number of aryl methyl sites for hydroxylation is 1. The Morgan fingerprint density at radius 2 is 1.86 bits per heavy atom. The summed E-state index contributed by atoms with van der Waals surface area (Å²) in [6, 6.07) is 9.06. The number of likely N-dealkylation sites (N-methyl/N-ethyl adjacent to an activating group) is 1. The number of aromatic nitrogens is 2. The molecule has 152 valence electrons. The molecule has 0 unspecified atom stereocenters. The second-order valence-corrected chi connectivity index (χ2v) is 9.34. The first-order valence-corrected chi connectivity index (χ1v) is 10.6. The molecule has 9 nitrogen and oxygen atoms in total. The largest absolute Gasteiger partial charge is 0.326 e. The van der Waals surface area contributed by atoms with E-state index in [0.717, 1.165) is 20.4 Å². The summed E-state index contributed by atoms with van der Waals surface area (Å²) >= 11 is 3.34. The smallest absolute Gasteiger partial charge is 0.325 e. The molecule has 1 heterocycles. The number of aromatic amines is 2. The van der Waals surface area contributed by atoms with E-state index in [9.17, 15) is 22.8 Å². The van der Waals surface area contributed by atoms with Crippen LogP contribution in [0.3, 0.4) is 0 Å². The average molecular weight is 481 g/mol. The SMILES string of the molecule is Cc1cc(Br)ccc1NC(=O)CN(C)S(=O)(=O)c1ccc2[nH]c(=O)[nH]c(=O)c2c1. The molecule has 2 aromatic carbocycles. The van der Waals surface area contributed by atoms with Crippen molar-refractivity contribution in [1.29, 1.82) is 0 Å². The summed E-state index contributed by atoms with van der Waals surface area (Å²) in [6.07, 6.45) is 0. The fourth-order valence-electron chi connectivity index (χ4n) is 2.73. The third-order valence-electron chi connectivity index (χ3n) is 4.25. The minimum absolute atomic E-state index is 0.0222. The maximum Gasteiger partial charge on any atom is 0.326 e. The van der Waals surface area contributed by atoms with E-state index in [1.807, 2.05) is 18.0 Å². The second-order valence-electron chi connectivity index (χ2n) is 6.38. The zero-order valence-corrected chi connectivity index (χ0v) is 17.8. The number of H-pyrrole nitrogens is 2. The Kier molecular flexibility index (Phi) is 5.73. The van der Waals surface area contributed by atoms with Crippen LogP contribution in [-0.4, -0.2) is 42.2 Å². The van der Waals surface area contributed by atoms with Gasteiger partial charge in [0.2, 0.25) is 15.9 Å². The molecule has 1 aromatic heterocycles. The lowest BCUT2D eigenvalue weighted by Crippen LogP contribution is -2.35. The third kappa shape index (κ3) is 4.47. The molecule has 0 spiro atoms. The number of nitrogens with one attached hydrogen (secondary N) is 3. The molecule has 0 fully saturated rings. The van der Waals surface area contributed by atoms with Crippen LogP contribution in [0.4, 0.5) is 5.69 Å². The average Bonchev–Trinajstić information content (AvgIpc) is 2.63. The molecular weight excluding hydrogens is 464 g/mol. The fraction of sp³-hybridized carbons (Fsp3) is 0.167. The van der Waals surface area contributed by atoms with Crippen LogP contribution in [0.15, 0.2) is 55.4 Å². The predicted octanol–water partition coefficient (Wildman–Crippen LogP) is 1.55. The molecule has 0 atom stereocenters. The number of nitrogens with zero attached hydrogens (tertiary/aromatic N) is 1. The van der Waals surface area contributed by atoms with Gasteiger partial charge >= 0.3 is 5.69 Å². The van der Waals surface area contributed by atoms with Crippen molar-refractivity contribution in [2.24, 2.45) is 0 Å². The number of rotatable bonds is 5. The molecule has 0 aliphatic rings. The Balaban J connectivity index is 1.83. The lowest BCUT2D eigenvalue weighted by molar-refractivity contribution is -0.116. The van der Waals surface area contributed by atoms with Crippen molar-refractivity contribution in [3.8, 4) is 0 Å². The van der Waals surface area contributed by atoms with Gasteiger partial charge < -0.3 is 10.3 Å².